The van der Waals surface area contributed by atoms with Gasteiger partial charge in [-0.2, -0.15) is 0 Å². The quantitative estimate of drug-likeness (QED) is 0.247. The van der Waals surface area contributed by atoms with Crippen molar-refractivity contribution < 1.29 is 14.2 Å². The largest absolute Gasteiger partial charge is 0.493 e. The Bertz CT molecular complexity index is 484. The van der Waals surface area contributed by atoms with Crippen molar-refractivity contribution in [3.05, 3.63) is 18.2 Å². The summed E-state index contributed by atoms with van der Waals surface area (Å²) in [5, 5.41) is 6.54. The summed E-state index contributed by atoms with van der Waals surface area (Å²) >= 11 is 0. The van der Waals surface area contributed by atoms with Gasteiger partial charge in [0.2, 0.25) is 0 Å². The molecule has 0 atom stereocenters. The second kappa shape index (κ2) is 14.2. The molecule has 138 valence electrons. The first-order valence-corrected chi connectivity index (χ1v) is 8.11. The van der Waals surface area contributed by atoms with Gasteiger partial charge in [0.15, 0.2) is 17.5 Å². The van der Waals surface area contributed by atoms with E-state index in [1.807, 2.05) is 32.0 Å². The molecule has 0 fully saturated rings. The van der Waals surface area contributed by atoms with Crippen molar-refractivity contribution in [1.29, 1.82) is 0 Å². The number of ether oxygens (including phenoxy) is 3. The summed E-state index contributed by atoms with van der Waals surface area (Å²) in [5.41, 5.74) is 0.900. The van der Waals surface area contributed by atoms with E-state index in [9.17, 15) is 0 Å². The van der Waals surface area contributed by atoms with Gasteiger partial charge >= 0.3 is 0 Å². The zero-order valence-electron chi connectivity index (χ0n) is 15.1. The zero-order chi connectivity index (χ0) is 16.9. The van der Waals surface area contributed by atoms with E-state index in [-0.39, 0.29) is 24.0 Å². The van der Waals surface area contributed by atoms with Crippen molar-refractivity contribution >= 4 is 35.6 Å². The van der Waals surface area contributed by atoms with E-state index in [1.54, 1.807) is 14.2 Å². The van der Waals surface area contributed by atoms with Crippen LogP contribution in [0.2, 0.25) is 0 Å². The number of halogens is 1. The lowest BCUT2D eigenvalue weighted by atomic mass is 10.2. The predicted octanol–water partition coefficient (Wildman–Crippen LogP) is 3.52. The van der Waals surface area contributed by atoms with Crippen LogP contribution < -0.4 is 20.1 Å². The highest BCUT2D eigenvalue weighted by atomic mass is 127. The smallest absolute Gasteiger partial charge is 0.195 e. The maximum absolute atomic E-state index is 5.58. The molecule has 0 aliphatic heterocycles. The Labute approximate surface area is 162 Å². The number of unbranched alkanes of at least 4 members (excludes halogenated alkanes) is 1. The van der Waals surface area contributed by atoms with Crippen molar-refractivity contribution in [2.75, 3.05) is 45.8 Å². The molecule has 0 bridgehead atoms. The number of benzene rings is 1. The molecule has 6 nitrogen and oxygen atoms in total. The van der Waals surface area contributed by atoms with Crippen LogP contribution in [0, 0.1) is 0 Å². The van der Waals surface area contributed by atoms with Crippen LogP contribution in [0.25, 0.3) is 0 Å². The summed E-state index contributed by atoms with van der Waals surface area (Å²) < 4.78 is 16.2. The average Bonchev–Trinajstić information content (AvgIpc) is 2.57. The summed E-state index contributed by atoms with van der Waals surface area (Å²) in [4.78, 5) is 4.23. The number of aliphatic imine (C=N–C) groups is 1. The Morgan fingerprint density at radius 1 is 1.12 bits per heavy atom. The minimum Gasteiger partial charge on any atom is -0.493 e. The maximum Gasteiger partial charge on any atom is 0.195 e. The Morgan fingerprint density at radius 3 is 2.54 bits per heavy atom. The van der Waals surface area contributed by atoms with Gasteiger partial charge in [-0.3, -0.25) is 4.99 Å². The van der Waals surface area contributed by atoms with Crippen LogP contribution in [0.1, 0.15) is 26.7 Å². The summed E-state index contributed by atoms with van der Waals surface area (Å²) in [6, 6.07) is 5.72. The second-order valence-electron chi connectivity index (χ2n) is 4.83. The lowest BCUT2D eigenvalue weighted by Gasteiger charge is -2.14. The highest BCUT2D eigenvalue weighted by molar-refractivity contribution is 14.0. The Hall–Kier alpha value is -1.22. The summed E-state index contributed by atoms with van der Waals surface area (Å²) in [5.74, 6) is 2.16. The van der Waals surface area contributed by atoms with E-state index in [1.165, 1.54) is 0 Å². The number of hydrogen-bond donors (Lipinski definition) is 2. The van der Waals surface area contributed by atoms with Gasteiger partial charge in [0, 0.05) is 38.6 Å². The van der Waals surface area contributed by atoms with Crippen LogP contribution in [0.5, 0.6) is 11.5 Å². The van der Waals surface area contributed by atoms with Crippen molar-refractivity contribution in [2.45, 2.75) is 26.7 Å². The fourth-order valence-electron chi connectivity index (χ4n) is 2.02. The predicted molar refractivity (Wildman–Crippen MR) is 110 cm³/mol. The summed E-state index contributed by atoms with van der Waals surface area (Å²) in [7, 11) is 3.39. The molecule has 24 heavy (non-hydrogen) atoms. The van der Waals surface area contributed by atoms with E-state index in [0.29, 0.717) is 12.4 Å². The van der Waals surface area contributed by atoms with E-state index in [0.717, 1.165) is 50.0 Å². The monoisotopic (exact) mass is 451 g/mol. The number of guanidine groups is 1. The lowest BCUT2D eigenvalue weighted by Crippen LogP contribution is -2.31. The van der Waals surface area contributed by atoms with E-state index in [2.05, 4.69) is 15.6 Å². The van der Waals surface area contributed by atoms with Gasteiger partial charge in [0.25, 0.3) is 0 Å². The lowest BCUT2D eigenvalue weighted by molar-refractivity contribution is 0.143. The van der Waals surface area contributed by atoms with Crippen LogP contribution in [0.15, 0.2) is 23.2 Å². The number of nitrogens with one attached hydrogen (secondary N) is 2. The Kier molecular flexibility index (Phi) is 13.4. The molecule has 1 aromatic carbocycles. The van der Waals surface area contributed by atoms with Gasteiger partial charge < -0.3 is 24.8 Å². The molecule has 2 N–H and O–H groups in total. The van der Waals surface area contributed by atoms with E-state index < -0.39 is 0 Å². The number of rotatable bonds is 10. The second-order valence-corrected chi connectivity index (χ2v) is 4.83. The first kappa shape index (κ1) is 22.8. The SMILES string of the molecule is CCOCCCCNC(=NC)Nc1ccc(OC)c(OCC)c1.I. The van der Waals surface area contributed by atoms with Gasteiger partial charge in [-0.25, -0.2) is 0 Å². The van der Waals surface area contributed by atoms with Crippen molar-refractivity contribution in [2.24, 2.45) is 4.99 Å². The molecule has 0 unspecified atom stereocenters. The molecule has 0 aromatic heterocycles. The number of hydrogen-bond acceptors (Lipinski definition) is 4. The standard InChI is InChI=1S/C17H29N3O3.HI/c1-5-22-12-8-7-11-19-17(18-3)20-14-9-10-15(21-4)16(13-14)23-6-2;/h9-10,13H,5-8,11-12H2,1-4H3,(H2,18,19,20);1H. The molecule has 0 spiro atoms. The summed E-state index contributed by atoms with van der Waals surface area (Å²) in [6.45, 7) is 6.97. The molecule has 7 heteroatoms. The van der Waals surface area contributed by atoms with Crippen LogP contribution >= 0.6 is 24.0 Å². The number of methoxy groups -OCH3 is 1. The molecule has 0 saturated carbocycles. The normalized spacial score (nSPS) is 10.8. The topological polar surface area (TPSA) is 64.1 Å². The molecule has 0 heterocycles. The van der Waals surface area contributed by atoms with Gasteiger partial charge in [-0.15, -0.1) is 24.0 Å². The molecular formula is C17H30IN3O3. The van der Waals surface area contributed by atoms with E-state index in [4.69, 9.17) is 14.2 Å². The third-order valence-corrected chi connectivity index (χ3v) is 3.16. The fourth-order valence-corrected chi connectivity index (χ4v) is 2.02. The van der Waals surface area contributed by atoms with E-state index >= 15 is 0 Å². The third kappa shape index (κ3) is 8.58. The molecular weight excluding hydrogens is 421 g/mol. The molecule has 1 aromatic rings. The van der Waals surface area contributed by atoms with Crippen molar-refractivity contribution in [3.63, 3.8) is 0 Å². The first-order valence-electron chi connectivity index (χ1n) is 8.11. The molecule has 0 saturated heterocycles. The van der Waals surface area contributed by atoms with Gasteiger partial charge in [0.1, 0.15) is 0 Å². The van der Waals surface area contributed by atoms with Crippen LogP contribution in [0.4, 0.5) is 5.69 Å². The highest BCUT2D eigenvalue weighted by Gasteiger charge is 2.06. The van der Waals surface area contributed by atoms with Gasteiger partial charge in [-0.1, -0.05) is 0 Å². The molecule has 0 radical (unpaired) electrons. The van der Waals surface area contributed by atoms with Crippen LogP contribution in [0.3, 0.4) is 0 Å². The van der Waals surface area contributed by atoms with Crippen LogP contribution in [-0.2, 0) is 4.74 Å². The maximum atomic E-state index is 5.58. The Morgan fingerprint density at radius 2 is 1.92 bits per heavy atom. The molecule has 0 aliphatic rings. The van der Waals surface area contributed by atoms with Crippen molar-refractivity contribution in [3.8, 4) is 11.5 Å². The third-order valence-electron chi connectivity index (χ3n) is 3.16. The highest BCUT2D eigenvalue weighted by Crippen LogP contribution is 2.30. The minimum absolute atomic E-state index is 0. The van der Waals surface area contributed by atoms with Crippen LogP contribution in [-0.4, -0.2) is 46.5 Å². The molecule has 1 rings (SSSR count). The first-order chi connectivity index (χ1) is 11.2. The molecule has 0 amide bonds. The minimum atomic E-state index is 0. The Balaban J connectivity index is 0.00000529. The number of nitrogens with zero attached hydrogens (tertiary/aromatic N) is 1. The average molecular weight is 451 g/mol. The van der Waals surface area contributed by atoms with Gasteiger partial charge in [-0.05, 0) is 38.8 Å². The summed E-state index contributed by atoms with van der Waals surface area (Å²) in [6.07, 6.45) is 2.07. The fraction of sp³-hybridized carbons (Fsp3) is 0.588. The van der Waals surface area contributed by atoms with Gasteiger partial charge in [0.05, 0.1) is 13.7 Å². The molecule has 0 aliphatic carbocycles. The van der Waals surface area contributed by atoms with Crippen molar-refractivity contribution in [1.82, 2.24) is 5.32 Å². The zero-order valence-corrected chi connectivity index (χ0v) is 17.4. The number of anilines is 1.